The van der Waals surface area contributed by atoms with Gasteiger partial charge in [0.15, 0.2) is 5.82 Å². The number of nitrogens with zero attached hydrogens (tertiary/aromatic N) is 2. The Hall–Kier alpha value is -2.66. The second kappa shape index (κ2) is 9.65. The molecule has 2 aromatic rings. The maximum absolute atomic E-state index is 13.5. The molecule has 2 aliphatic heterocycles. The SMILES string of the molecule is Fc1cccnc1OCCC1CCOC12CN(Cc1ccco1)C2.O=C(O)C(F)(F)F. The minimum Gasteiger partial charge on any atom is -0.476 e. The van der Waals surface area contributed by atoms with Crippen LogP contribution in [0.2, 0.25) is 0 Å². The van der Waals surface area contributed by atoms with E-state index in [9.17, 15) is 17.6 Å². The largest absolute Gasteiger partial charge is 0.490 e. The van der Waals surface area contributed by atoms with E-state index < -0.39 is 18.0 Å². The van der Waals surface area contributed by atoms with Crippen molar-refractivity contribution in [1.82, 2.24) is 9.88 Å². The van der Waals surface area contributed by atoms with Crippen molar-refractivity contribution in [3.05, 3.63) is 48.3 Å². The zero-order chi connectivity index (χ0) is 22.5. The van der Waals surface area contributed by atoms with Gasteiger partial charge < -0.3 is 19.0 Å². The Labute approximate surface area is 175 Å². The number of carboxylic acids is 1. The third kappa shape index (κ3) is 5.95. The molecule has 4 rings (SSSR count). The summed E-state index contributed by atoms with van der Waals surface area (Å²) in [4.78, 5) is 15.1. The first-order valence-corrected chi connectivity index (χ1v) is 9.62. The highest BCUT2D eigenvalue weighted by Crippen LogP contribution is 2.42. The Morgan fingerprint density at radius 1 is 1.32 bits per heavy atom. The van der Waals surface area contributed by atoms with Crippen molar-refractivity contribution >= 4 is 5.97 Å². The number of alkyl halides is 3. The number of hydrogen-bond acceptors (Lipinski definition) is 6. The van der Waals surface area contributed by atoms with Crippen LogP contribution in [-0.4, -0.2) is 59.0 Å². The lowest BCUT2D eigenvalue weighted by Gasteiger charge is -2.50. The fraction of sp³-hybridized carbons (Fsp3) is 0.500. The molecule has 1 spiro atoms. The number of ether oxygens (including phenoxy) is 2. The number of halogens is 4. The number of furan rings is 1. The van der Waals surface area contributed by atoms with Crippen LogP contribution < -0.4 is 4.74 Å². The van der Waals surface area contributed by atoms with Crippen molar-refractivity contribution < 1.29 is 41.4 Å². The second-order valence-electron chi connectivity index (χ2n) is 7.35. The number of aliphatic carboxylic acids is 1. The Bertz CT molecular complexity index is 854. The summed E-state index contributed by atoms with van der Waals surface area (Å²) in [5, 5.41) is 7.12. The predicted octanol–water partition coefficient (Wildman–Crippen LogP) is 3.51. The van der Waals surface area contributed by atoms with Crippen molar-refractivity contribution in [3.8, 4) is 5.88 Å². The summed E-state index contributed by atoms with van der Waals surface area (Å²) in [5.41, 5.74) is -0.0708. The number of carbonyl (C=O) groups is 1. The molecule has 2 aromatic heterocycles. The fourth-order valence-corrected chi connectivity index (χ4v) is 3.76. The van der Waals surface area contributed by atoms with Crippen LogP contribution in [-0.2, 0) is 16.1 Å². The zero-order valence-corrected chi connectivity index (χ0v) is 16.5. The first-order valence-electron chi connectivity index (χ1n) is 9.62. The lowest BCUT2D eigenvalue weighted by atomic mass is 9.79. The maximum atomic E-state index is 13.5. The summed E-state index contributed by atoms with van der Waals surface area (Å²) in [6.07, 6.45) is 0.0398. The van der Waals surface area contributed by atoms with Gasteiger partial charge in [-0.15, -0.1) is 0 Å². The molecule has 1 unspecified atom stereocenters. The summed E-state index contributed by atoms with van der Waals surface area (Å²) in [6.45, 7) is 3.90. The van der Waals surface area contributed by atoms with Crippen molar-refractivity contribution in [1.29, 1.82) is 0 Å². The first-order chi connectivity index (χ1) is 14.7. The van der Waals surface area contributed by atoms with Gasteiger partial charge in [0.1, 0.15) is 5.76 Å². The molecule has 0 aromatic carbocycles. The van der Waals surface area contributed by atoms with Gasteiger partial charge in [-0.25, -0.2) is 14.2 Å². The molecule has 1 atom stereocenters. The zero-order valence-electron chi connectivity index (χ0n) is 16.5. The Morgan fingerprint density at radius 3 is 2.68 bits per heavy atom. The van der Waals surface area contributed by atoms with E-state index in [0.717, 1.165) is 44.8 Å². The lowest BCUT2D eigenvalue weighted by Crippen LogP contribution is -2.64. The first kappa shape index (κ1) is 23.0. The van der Waals surface area contributed by atoms with Gasteiger partial charge >= 0.3 is 12.1 Å². The van der Waals surface area contributed by atoms with Crippen LogP contribution in [0.1, 0.15) is 18.6 Å². The maximum Gasteiger partial charge on any atom is 0.490 e. The highest BCUT2D eigenvalue weighted by molar-refractivity contribution is 5.73. The molecule has 2 saturated heterocycles. The average Bonchev–Trinajstić information content (AvgIpc) is 3.33. The second-order valence-corrected chi connectivity index (χ2v) is 7.35. The number of rotatable bonds is 6. The quantitative estimate of drug-likeness (QED) is 0.680. The van der Waals surface area contributed by atoms with E-state index in [0.29, 0.717) is 12.5 Å². The van der Waals surface area contributed by atoms with Crippen LogP contribution in [0, 0.1) is 11.7 Å². The standard InChI is InChI=1S/C18H21FN2O3.C2HF3O2/c19-16-4-1-7-20-17(16)23-9-5-14-6-10-24-18(14)12-21(13-18)11-15-3-2-8-22-15;3-2(4,5)1(6)7/h1-4,7-8,14H,5-6,9-13H2;(H,6,7). The monoisotopic (exact) mass is 446 g/mol. The van der Waals surface area contributed by atoms with Crippen LogP contribution >= 0.6 is 0 Å². The van der Waals surface area contributed by atoms with Crippen LogP contribution in [0.3, 0.4) is 0 Å². The van der Waals surface area contributed by atoms with Crippen molar-refractivity contribution in [2.75, 3.05) is 26.3 Å². The van der Waals surface area contributed by atoms with E-state index in [4.69, 9.17) is 23.8 Å². The molecule has 0 amide bonds. The minimum atomic E-state index is -5.08. The molecule has 31 heavy (non-hydrogen) atoms. The molecule has 0 aliphatic carbocycles. The highest BCUT2D eigenvalue weighted by atomic mass is 19.4. The molecule has 7 nitrogen and oxygen atoms in total. The molecule has 0 radical (unpaired) electrons. The van der Waals surface area contributed by atoms with Gasteiger partial charge in [-0.2, -0.15) is 13.2 Å². The van der Waals surface area contributed by atoms with E-state index >= 15 is 0 Å². The Kier molecular flexibility index (Phi) is 7.16. The fourth-order valence-electron chi connectivity index (χ4n) is 3.76. The van der Waals surface area contributed by atoms with Gasteiger partial charge in [0.2, 0.25) is 5.88 Å². The van der Waals surface area contributed by atoms with E-state index in [-0.39, 0.29) is 11.5 Å². The summed E-state index contributed by atoms with van der Waals surface area (Å²) >= 11 is 0. The van der Waals surface area contributed by atoms with Gasteiger partial charge in [0.25, 0.3) is 0 Å². The van der Waals surface area contributed by atoms with Gasteiger partial charge in [0.05, 0.1) is 25.0 Å². The molecule has 1 N–H and O–H groups in total. The molecule has 0 bridgehead atoms. The Balaban J connectivity index is 0.000000339. The molecule has 2 aliphatic rings. The van der Waals surface area contributed by atoms with Crippen LogP contribution in [0.15, 0.2) is 41.1 Å². The molecule has 2 fully saturated rings. The average molecular weight is 446 g/mol. The van der Waals surface area contributed by atoms with E-state index in [2.05, 4.69) is 9.88 Å². The number of pyridine rings is 1. The summed E-state index contributed by atoms with van der Waals surface area (Å²) in [5.74, 6) is -1.67. The van der Waals surface area contributed by atoms with Gasteiger partial charge in [-0.05, 0) is 43.0 Å². The third-order valence-corrected chi connectivity index (χ3v) is 5.21. The summed E-state index contributed by atoms with van der Waals surface area (Å²) < 4.78 is 62.2. The topological polar surface area (TPSA) is 85.0 Å². The van der Waals surface area contributed by atoms with E-state index in [1.165, 1.54) is 12.3 Å². The normalized spacial score (nSPS) is 20.1. The van der Waals surface area contributed by atoms with E-state index in [1.807, 2.05) is 12.1 Å². The number of carboxylic acid groups (broad SMARTS) is 1. The van der Waals surface area contributed by atoms with Gasteiger partial charge in [-0.1, -0.05) is 0 Å². The van der Waals surface area contributed by atoms with Crippen molar-refractivity contribution in [2.45, 2.75) is 31.2 Å². The highest BCUT2D eigenvalue weighted by Gasteiger charge is 2.52. The van der Waals surface area contributed by atoms with Gasteiger partial charge in [-0.3, -0.25) is 4.90 Å². The smallest absolute Gasteiger partial charge is 0.476 e. The minimum absolute atomic E-state index is 0.0708. The molecular weight excluding hydrogens is 424 g/mol. The van der Waals surface area contributed by atoms with Crippen LogP contribution in [0.5, 0.6) is 5.88 Å². The van der Waals surface area contributed by atoms with E-state index in [1.54, 1.807) is 12.3 Å². The number of hydrogen-bond donors (Lipinski definition) is 1. The molecular formula is C20H22F4N2O5. The van der Waals surface area contributed by atoms with Gasteiger partial charge in [0, 0.05) is 25.9 Å². The third-order valence-electron chi connectivity index (χ3n) is 5.21. The summed E-state index contributed by atoms with van der Waals surface area (Å²) in [6, 6.07) is 6.83. The molecule has 11 heteroatoms. The lowest BCUT2D eigenvalue weighted by molar-refractivity contribution is -0.192. The van der Waals surface area contributed by atoms with Crippen molar-refractivity contribution in [2.24, 2.45) is 5.92 Å². The van der Waals surface area contributed by atoms with Crippen LogP contribution in [0.25, 0.3) is 0 Å². The Morgan fingerprint density at radius 2 is 2.06 bits per heavy atom. The van der Waals surface area contributed by atoms with Crippen LogP contribution in [0.4, 0.5) is 17.6 Å². The number of likely N-dealkylation sites (tertiary alicyclic amines) is 1. The van der Waals surface area contributed by atoms with Crippen molar-refractivity contribution in [3.63, 3.8) is 0 Å². The summed E-state index contributed by atoms with van der Waals surface area (Å²) in [7, 11) is 0. The number of aromatic nitrogens is 1. The molecule has 0 saturated carbocycles. The predicted molar refractivity (Wildman–Crippen MR) is 98.8 cm³/mol. The molecule has 170 valence electrons. The molecule has 4 heterocycles.